The van der Waals surface area contributed by atoms with Crippen LogP contribution < -0.4 is 15.0 Å². The van der Waals surface area contributed by atoms with Gasteiger partial charge in [0.25, 0.3) is 11.8 Å². The Morgan fingerprint density at radius 3 is 2.50 bits per heavy atom. The van der Waals surface area contributed by atoms with E-state index in [-0.39, 0.29) is 11.8 Å². The van der Waals surface area contributed by atoms with Crippen LogP contribution in [0.1, 0.15) is 50.5 Å². The number of carbonyl (C=O) groups excluding carboxylic acids is 2. The van der Waals surface area contributed by atoms with Gasteiger partial charge in [0.15, 0.2) is 0 Å². The molecule has 4 aromatic rings. The SMILES string of the molecule is CCOc1ccc(N2C(=O)c3ccccc3[C@@H]2Nc2cccc(C(=O)N3CCc4ccccc4C3)c2)cc1. The van der Waals surface area contributed by atoms with Crippen LogP contribution >= 0.6 is 0 Å². The summed E-state index contributed by atoms with van der Waals surface area (Å²) >= 11 is 0. The summed E-state index contributed by atoms with van der Waals surface area (Å²) in [4.78, 5) is 30.6. The molecule has 0 fully saturated rings. The Kier molecular flexibility index (Phi) is 6.30. The quantitative estimate of drug-likeness (QED) is 0.348. The van der Waals surface area contributed by atoms with Gasteiger partial charge in [-0.05, 0) is 73.0 Å². The maximum atomic E-state index is 13.5. The summed E-state index contributed by atoms with van der Waals surface area (Å²) in [7, 11) is 0. The van der Waals surface area contributed by atoms with E-state index >= 15 is 0 Å². The van der Waals surface area contributed by atoms with Crippen LogP contribution in [0.4, 0.5) is 11.4 Å². The molecule has 2 aliphatic rings. The van der Waals surface area contributed by atoms with Crippen molar-refractivity contribution < 1.29 is 14.3 Å². The van der Waals surface area contributed by atoms with Crippen LogP contribution in [0.5, 0.6) is 5.75 Å². The molecule has 0 spiro atoms. The van der Waals surface area contributed by atoms with Crippen molar-refractivity contribution >= 4 is 23.2 Å². The molecule has 4 aromatic carbocycles. The molecule has 2 aliphatic heterocycles. The Balaban J connectivity index is 1.27. The zero-order valence-corrected chi connectivity index (χ0v) is 21.3. The summed E-state index contributed by atoms with van der Waals surface area (Å²) in [6.07, 6.45) is 0.446. The summed E-state index contributed by atoms with van der Waals surface area (Å²) in [5.41, 5.74) is 6.25. The van der Waals surface area contributed by atoms with Gasteiger partial charge in [-0.15, -0.1) is 0 Å². The molecule has 0 saturated heterocycles. The van der Waals surface area contributed by atoms with E-state index in [1.807, 2.05) is 96.8 Å². The number of carbonyl (C=O) groups is 2. The molecule has 38 heavy (non-hydrogen) atoms. The predicted molar refractivity (Wildman–Crippen MR) is 149 cm³/mol. The highest BCUT2D eigenvalue weighted by atomic mass is 16.5. The second-order valence-electron chi connectivity index (χ2n) is 9.56. The maximum Gasteiger partial charge on any atom is 0.260 e. The molecule has 6 rings (SSSR count). The van der Waals surface area contributed by atoms with Gasteiger partial charge in [-0.2, -0.15) is 0 Å². The topological polar surface area (TPSA) is 61.9 Å². The second kappa shape index (κ2) is 10.1. The molecule has 0 aromatic heterocycles. The highest BCUT2D eigenvalue weighted by molar-refractivity contribution is 6.11. The van der Waals surface area contributed by atoms with Gasteiger partial charge in [-0.1, -0.05) is 48.5 Å². The Labute approximate surface area is 222 Å². The summed E-state index contributed by atoms with van der Waals surface area (Å²) in [6, 6.07) is 31.1. The normalized spacial score (nSPS) is 16.1. The summed E-state index contributed by atoms with van der Waals surface area (Å²) in [6.45, 7) is 3.83. The largest absolute Gasteiger partial charge is 0.494 e. The molecule has 6 nitrogen and oxygen atoms in total. The number of rotatable bonds is 6. The van der Waals surface area contributed by atoms with Crippen molar-refractivity contribution in [2.75, 3.05) is 23.4 Å². The van der Waals surface area contributed by atoms with E-state index in [4.69, 9.17) is 4.74 Å². The number of ether oxygens (including phenoxy) is 1. The van der Waals surface area contributed by atoms with Crippen LogP contribution in [0.3, 0.4) is 0 Å². The minimum atomic E-state index is -0.413. The minimum Gasteiger partial charge on any atom is -0.494 e. The standard InChI is InChI=1S/C32H29N3O3/c1-2-38-27-16-14-26(15-17-27)35-30(28-12-5-6-13-29(28)32(35)37)33-25-11-7-10-23(20-25)31(36)34-19-18-22-8-3-4-9-24(22)21-34/h3-17,20,30,33H,2,18-19,21H2,1H3/t30-/m1/s1. The van der Waals surface area contributed by atoms with Crippen molar-refractivity contribution in [2.24, 2.45) is 0 Å². The molecule has 1 atom stereocenters. The lowest BCUT2D eigenvalue weighted by Gasteiger charge is -2.29. The van der Waals surface area contributed by atoms with E-state index in [2.05, 4.69) is 17.4 Å². The van der Waals surface area contributed by atoms with Crippen molar-refractivity contribution in [2.45, 2.75) is 26.1 Å². The van der Waals surface area contributed by atoms with Gasteiger partial charge in [0.05, 0.1) is 6.61 Å². The van der Waals surface area contributed by atoms with Gasteiger partial charge >= 0.3 is 0 Å². The van der Waals surface area contributed by atoms with Crippen LogP contribution in [0.25, 0.3) is 0 Å². The van der Waals surface area contributed by atoms with Crippen LogP contribution in [0.2, 0.25) is 0 Å². The highest BCUT2D eigenvalue weighted by Gasteiger charge is 2.37. The number of amides is 2. The smallest absolute Gasteiger partial charge is 0.260 e. The molecule has 190 valence electrons. The average molecular weight is 504 g/mol. The van der Waals surface area contributed by atoms with Crippen molar-refractivity contribution in [3.63, 3.8) is 0 Å². The van der Waals surface area contributed by atoms with Gasteiger partial charge in [0.2, 0.25) is 0 Å². The number of hydrogen-bond acceptors (Lipinski definition) is 4. The van der Waals surface area contributed by atoms with Gasteiger partial charge in [0, 0.05) is 41.2 Å². The van der Waals surface area contributed by atoms with Crippen LogP contribution in [0, 0.1) is 0 Å². The van der Waals surface area contributed by atoms with Crippen molar-refractivity contribution in [1.29, 1.82) is 0 Å². The molecule has 6 heteroatoms. The van der Waals surface area contributed by atoms with E-state index in [0.717, 1.165) is 29.1 Å². The van der Waals surface area contributed by atoms with Crippen molar-refractivity contribution in [1.82, 2.24) is 4.90 Å². The summed E-state index contributed by atoms with van der Waals surface area (Å²) in [5.74, 6) is 0.701. The first-order valence-electron chi connectivity index (χ1n) is 13.0. The first kappa shape index (κ1) is 23.8. The zero-order valence-electron chi connectivity index (χ0n) is 21.3. The third kappa shape index (κ3) is 4.39. The number of anilines is 2. The lowest BCUT2D eigenvalue weighted by Crippen LogP contribution is -2.36. The second-order valence-corrected chi connectivity index (χ2v) is 9.56. The molecule has 0 aliphatic carbocycles. The molecule has 0 saturated carbocycles. The minimum absolute atomic E-state index is 0.00872. The Morgan fingerprint density at radius 1 is 0.921 bits per heavy atom. The van der Waals surface area contributed by atoms with Crippen molar-refractivity contribution in [3.05, 3.63) is 125 Å². The third-order valence-corrected chi connectivity index (χ3v) is 7.22. The third-order valence-electron chi connectivity index (χ3n) is 7.22. The van der Waals surface area contributed by atoms with Gasteiger partial charge in [-0.3, -0.25) is 14.5 Å². The maximum absolute atomic E-state index is 13.5. The van der Waals surface area contributed by atoms with Crippen LogP contribution in [-0.2, 0) is 13.0 Å². The molecule has 0 radical (unpaired) electrons. The lowest BCUT2D eigenvalue weighted by atomic mass is 9.99. The Bertz CT molecular complexity index is 1500. The van der Waals surface area contributed by atoms with Gasteiger partial charge < -0.3 is 15.0 Å². The van der Waals surface area contributed by atoms with Gasteiger partial charge in [0.1, 0.15) is 11.9 Å². The van der Waals surface area contributed by atoms with Crippen molar-refractivity contribution in [3.8, 4) is 5.75 Å². The first-order valence-corrected chi connectivity index (χ1v) is 13.0. The molecular weight excluding hydrogens is 474 g/mol. The fourth-order valence-electron chi connectivity index (χ4n) is 5.35. The number of hydrogen-bond donors (Lipinski definition) is 1. The Hall–Kier alpha value is -4.58. The fraction of sp³-hybridized carbons (Fsp3) is 0.188. The highest BCUT2D eigenvalue weighted by Crippen LogP contribution is 2.38. The number of nitrogens with zero attached hydrogens (tertiary/aromatic N) is 2. The molecule has 2 amide bonds. The fourth-order valence-corrected chi connectivity index (χ4v) is 5.35. The van der Waals surface area contributed by atoms with E-state index < -0.39 is 6.17 Å². The monoisotopic (exact) mass is 503 g/mol. The lowest BCUT2D eigenvalue weighted by molar-refractivity contribution is 0.0734. The molecule has 2 heterocycles. The Morgan fingerprint density at radius 2 is 1.68 bits per heavy atom. The molecule has 1 N–H and O–H groups in total. The van der Waals surface area contributed by atoms with Crippen LogP contribution in [-0.4, -0.2) is 29.9 Å². The molecular formula is C32H29N3O3. The summed E-state index contributed by atoms with van der Waals surface area (Å²) in [5, 5.41) is 3.53. The van der Waals surface area contributed by atoms with E-state index in [0.29, 0.717) is 30.8 Å². The van der Waals surface area contributed by atoms with Crippen LogP contribution in [0.15, 0.2) is 97.1 Å². The summed E-state index contributed by atoms with van der Waals surface area (Å²) < 4.78 is 5.58. The molecule has 0 unspecified atom stereocenters. The first-order chi connectivity index (χ1) is 18.6. The molecule has 0 bridgehead atoms. The average Bonchev–Trinajstić information content (AvgIpc) is 3.24. The van der Waals surface area contributed by atoms with E-state index in [9.17, 15) is 9.59 Å². The zero-order chi connectivity index (χ0) is 26.1. The van der Waals surface area contributed by atoms with E-state index in [1.165, 1.54) is 11.1 Å². The number of benzene rings is 4. The van der Waals surface area contributed by atoms with E-state index in [1.54, 1.807) is 4.90 Å². The number of nitrogens with one attached hydrogen (secondary N) is 1. The number of fused-ring (bicyclic) bond motifs is 2. The predicted octanol–water partition coefficient (Wildman–Crippen LogP) is 6.05. The van der Waals surface area contributed by atoms with Gasteiger partial charge in [-0.25, -0.2) is 0 Å².